The summed E-state index contributed by atoms with van der Waals surface area (Å²) in [5.41, 5.74) is 7.14. The molecule has 3 fully saturated rings. The number of nitrogens with zero attached hydrogens (tertiary/aromatic N) is 5. The van der Waals surface area contributed by atoms with Gasteiger partial charge in [-0.15, -0.1) is 0 Å². The number of ether oxygens (including phenoxy) is 5. The van der Waals surface area contributed by atoms with Crippen LogP contribution in [0.5, 0.6) is 28.7 Å². The van der Waals surface area contributed by atoms with Crippen LogP contribution >= 0.6 is 0 Å². The van der Waals surface area contributed by atoms with Gasteiger partial charge in [0.25, 0.3) is 5.91 Å². The van der Waals surface area contributed by atoms with E-state index < -0.39 is 11.9 Å². The number of carbonyl (C=O) groups is 3. The molecule has 3 atom stereocenters. The fourth-order valence-corrected chi connectivity index (χ4v) is 10.5. The third kappa shape index (κ3) is 8.70. The number of aromatic nitrogens is 3. The zero-order valence-corrected chi connectivity index (χ0v) is 38.8. The van der Waals surface area contributed by atoms with Crippen molar-refractivity contribution < 1.29 is 38.1 Å². The number of aromatic amines is 1. The molecule has 3 aliphatic heterocycles. The highest BCUT2D eigenvalue weighted by molar-refractivity contribution is 6.09. The Morgan fingerprint density at radius 2 is 1.55 bits per heavy atom. The van der Waals surface area contributed by atoms with E-state index in [-0.39, 0.29) is 48.5 Å². The quantitative estimate of drug-likeness (QED) is 0.109. The molecule has 0 spiro atoms. The molecule has 69 heavy (non-hydrogen) atoms. The molecule has 15 heteroatoms. The van der Waals surface area contributed by atoms with Gasteiger partial charge in [-0.1, -0.05) is 67.4 Å². The molecular formula is C54H55N7O8. The first-order valence-electron chi connectivity index (χ1n) is 24.1. The molecule has 3 amide bonds. The van der Waals surface area contributed by atoms with Gasteiger partial charge in [0, 0.05) is 43.1 Å². The summed E-state index contributed by atoms with van der Waals surface area (Å²) in [7, 11) is 3.23. The van der Waals surface area contributed by atoms with Gasteiger partial charge in [0.05, 0.1) is 49.2 Å². The van der Waals surface area contributed by atoms with Crippen LogP contribution in [0.3, 0.4) is 0 Å². The first kappa shape index (κ1) is 44.1. The molecule has 2 aromatic heterocycles. The monoisotopic (exact) mass is 929 g/mol. The van der Waals surface area contributed by atoms with Crippen LogP contribution in [0.2, 0.25) is 0 Å². The number of amides is 3. The maximum Gasteiger partial charge on any atom is 0.255 e. The zero-order valence-electron chi connectivity index (χ0n) is 38.8. The number of piperidine rings is 1. The molecule has 2 aliphatic carbocycles. The first-order valence-corrected chi connectivity index (χ1v) is 24.1. The maximum atomic E-state index is 14.9. The van der Waals surface area contributed by atoms with Gasteiger partial charge in [0.15, 0.2) is 23.0 Å². The van der Waals surface area contributed by atoms with Crippen molar-refractivity contribution >= 4 is 34.5 Å². The number of likely N-dealkylation sites (tertiary alicyclic amines) is 1. The van der Waals surface area contributed by atoms with E-state index in [0.717, 1.165) is 66.5 Å². The van der Waals surface area contributed by atoms with E-state index in [4.69, 9.17) is 28.8 Å². The van der Waals surface area contributed by atoms with Gasteiger partial charge >= 0.3 is 0 Å². The molecule has 1 saturated heterocycles. The number of hydrazone groups is 1. The van der Waals surface area contributed by atoms with Crippen LogP contribution in [0.4, 0.5) is 0 Å². The van der Waals surface area contributed by atoms with Crippen molar-refractivity contribution in [2.45, 2.75) is 69.9 Å². The van der Waals surface area contributed by atoms with Crippen molar-refractivity contribution in [3.63, 3.8) is 0 Å². The van der Waals surface area contributed by atoms with E-state index in [0.29, 0.717) is 89.5 Å². The van der Waals surface area contributed by atoms with Gasteiger partial charge in [0.2, 0.25) is 18.6 Å². The fourth-order valence-electron chi connectivity index (χ4n) is 10.5. The predicted octanol–water partition coefficient (Wildman–Crippen LogP) is 8.21. The standard InChI is InChI=1S/C54H55N7O8/c1-65-42-19-18-36(27-45(42)66-2)47-38-10-6-7-11-39(38)53(63)61(59-47)37-22-24-60(25-23-37)54(64)41(26-32-14-16-35(17-15-32)34-8-4-3-5-9-34)58-52(62)40-28-55-50-48(40)56-30-57-49(50)46-43(67-29-33-12-13-33)20-21-44-51(46)69-31-68-44/h3-5,8-9,14-21,27-28,30,33,37-39,41,55H,6-7,10-13,22-26,29,31H2,1-2H3,(H,58,62)/t38-,39+,41+/m0/s1. The highest BCUT2D eigenvalue weighted by atomic mass is 16.7. The number of nitrogens with one attached hydrogen (secondary N) is 2. The molecule has 15 nitrogen and oxygen atoms in total. The summed E-state index contributed by atoms with van der Waals surface area (Å²) in [6.45, 7) is 1.43. The molecule has 11 rings (SSSR count). The largest absolute Gasteiger partial charge is 0.493 e. The second-order valence-electron chi connectivity index (χ2n) is 18.7. The highest BCUT2D eigenvalue weighted by Gasteiger charge is 2.44. The van der Waals surface area contributed by atoms with Crippen LogP contribution < -0.4 is 29.0 Å². The second kappa shape index (κ2) is 18.9. The van der Waals surface area contributed by atoms with E-state index in [1.807, 2.05) is 77.7 Å². The Kier molecular flexibility index (Phi) is 12.1. The molecule has 5 heterocycles. The number of methoxy groups -OCH3 is 2. The predicted molar refractivity (Wildman–Crippen MR) is 258 cm³/mol. The number of hydrogen-bond donors (Lipinski definition) is 2. The van der Waals surface area contributed by atoms with E-state index in [2.05, 4.69) is 32.4 Å². The lowest BCUT2D eigenvalue weighted by Gasteiger charge is -2.43. The normalized spacial score (nSPS) is 19.4. The summed E-state index contributed by atoms with van der Waals surface area (Å²) in [6, 6.07) is 26.6. The van der Waals surface area contributed by atoms with E-state index in [1.165, 1.54) is 6.33 Å². The highest BCUT2D eigenvalue weighted by Crippen LogP contribution is 2.48. The average molecular weight is 930 g/mol. The van der Waals surface area contributed by atoms with Crippen LogP contribution in [-0.4, -0.2) is 101 Å². The third-order valence-electron chi connectivity index (χ3n) is 14.4. The summed E-state index contributed by atoms with van der Waals surface area (Å²) in [4.78, 5) is 58.0. The van der Waals surface area contributed by atoms with Gasteiger partial charge in [-0.2, -0.15) is 5.10 Å². The smallest absolute Gasteiger partial charge is 0.255 e. The second-order valence-corrected chi connectivity index (χ2v) is 18.7. The molecule has 354 valence electrons. The van der Waals surface area contributed by atoms with E-state index in [9.17, 15) is 14.4 Å². The van der Waals surface area contributed by atoms with Crippen LogP contribution in [0.1, 0.15) is 72.9 Å². The van der Waals surface area contributed by atoms with Gasteiger partial charge in [-0.05, 0) is 91.5 Å². The molecule has 4 aromatic carbocycles. The van der Waals surface area contributed by atoms with Crippen LogP contribution in [-0.2, 0) is 16.0 Å². The van der Waals surface area contributed by atoms with Crippen molar-refractivity contribution in [3.05, 3.63) is 114 Å². The van der Waals surface area contributed by atoms with Gasteiger partial charge in [-0.3, -0.25) is 14.4 Å². The molecule has 2 saturated carbocycles. The number of benzene rings is 4. The van der Waals surface area contributed by atoms with Crippen molar-refractivity contribution in [1.29, 1.82) is 0 Å². The molecule has 6 aromatic rings. The van der Waals surface area contributed by atoms with Crippen molar-refractivity contribution in [3.8, 4) is 51.1 Å². The summed E-state index contributed by atoms with van der Waals surface area (Å²) in [5.74, 6) is 2.72. The van der Waals surface area contributed by atoms with Crippen LogP contribution in [0, 0.1) is 17.8 Å². The maximum absolute atomic E-state index is 14.9. The minimum absolute atomic E-state index is 0.0229. The van der Waals surface area contributed by atoms with Crippen molar-refractivity contribution in [2.24, 2.45) is 22.9 Å². The summed E-state index contributed by atoms with van der Waals surface area (Å²) >= 11 is 0. The SMILES string of the molecule is COc1ccc(C2=NN(C3CCN(C(=O)[C@@H](Cc4ccc(-c5ccccc5)cc4)NC(=O)c4c[nH]c5c(-c6c(OCC7CC7)ccc7c6OCO7)ncnc45)CC3)C(=O)[C@@H]3CCCC[C@H]23)cc1OC. The Morgan fingerprint density at radius 3 is 2.32 bits per heavy atom. The lowest BCUT2D eigenvalue weighted by molar-refractivity contribution is -0.143. The minimum Gasteiger partial charge on any atom is -0.493 e. The Bertz CT molecular complexity index is 2930. The molecule has 0 bridgehead atoms. The Balaban J connectivity index is 0.858. The molecule has 0 unspecified atom stereocenters. The van der Waals surface area contributed by atoms with Crippen LogP contribution in [0.25, 0.3) is 33.4 Å². The number of H-pyrrole nitrogens is 1. The number of rotatable bonds is 14. The van der Waals surface area contributed by atoms with Crippen molar-refractivity contribution in [2.75, 3.05) is 40.7 Å². The molecule has 2 N–H and O–H groups in total. The lowest BCUT2D eigenvalue weighted by atomic mass is 9.73. The Labute approximate surface area is 400 Å². The van der Waals surface area contributed by atoms with E-state index >= 15 is 0 Å². The number of hydrogen-bond acceptors (Lipinski definition) is 11. The molecular weight excluding hydrogens is 875 g/mol. The number of fused-ring (bicyclic) bond motifs is 3. The number of carbonyl (C=O) groups excluding carboxylic acids is 3. The van der Waals surface area contributed by atoms with Crippen molar-refractivity contribution in [1.82, 2.24) is 30.2 Å². The third-order valence-corrected chi connectivity index (χ3v) is 14.4. The summed E-state index contributed by atoms with van der Waals surface area (Å²) in [5, 5.41) is 9.97. The van der Waals surface area contributed by atoms with Gasteiger partial charge in [-0.25, -0.2) is 15.0 Å². The topological polar surface area (TPSA) is 170 Å². The Hall–Kier alpha value is -7.42. The molecule has 5 aliphatic rings. The Morgan fingerprint density at radius 1 is 0.812 bits per heavy atom. The van der Waals surface area contributed by atoms with Crippen LogP contribution in [0.15, 0.2) is 103 Å². The zero-order chi connectivity index (χ0) is 47.0. The van der Waals surface area contributed by atoms with Gasteiger partial charge < -0.3 is 38.9 Å². The summed E-state index contributed by atoms with van der Waals surface area (Å²) < 4.78 is 29.2. The van der Waals surface area contributed by atoms with Gasteiger partial charge in [0.1, 0.15) is 29.3 Å². The minimum atomic E-state index is -0.914. The summed E-state index contributed by atoms with van der Waals surface area (Å²) in [6.07, 6.45) is 10.4. The van der Waals surface area contributed by atoms with E-state index in [1.54, 1.807) is 25.4 Å². The fraction of sp³-hybridized carbons (Fsp3) is 0.370. The average Bonchev–Trinajstić information content (AvgIpc) is 3.92. The molecule has 0 radical (unpaired) electrons. The first-order chi connectivity index (χ1) is 33.8. The lowest BCUT2D eigenvalue weighted by Crippen LogP contribution is -2.55.